The van der Waals surface area contributed by atoms with Crippen molar-refractivity contribution in [3.05, 3.63) is 0 Å². The van der Waals surface area contributed by atoms with Gasteiger partial charge in [0, 0.05) is 6.61 Å². The molecule has 0 aliphatic heterocycles. The first-order chi connectivity index (χ1) is 22.3. The molecule has 0 N–H and O–H groups in total. The zero-order valence-electron chi connectivity index (χ0n) is 28.8. The van der Waals surface area contributed by atoms with Crippen molar-refractivity contribution in [2.24, 2.45) is 5.92 Å². The minimum atomic E-state index is -0.118. The molecule has 0 heterocycles. The van der Waals surface area contributed by atoms with Crippen LogP contribution in [0.25, 0.3) is 0 Å². The third-order valence-electron chi connectivity index (χ3n) is 6.44. The van der Waals surface area contributed by atoms with E-state index in [0.29, 0.717) is 126 Å². The molecule has 0 aromatic heterocycles. The summed E-state index contributed by atoms with van der Waals surface area (Å²) in [6.07, 6.45) is 7.38. The first-order valence-corrected chi connectivity index (χ1v) is 17.2. The van der Waals surface area contributed by atoms with Crippen molar-refractivity contribution in [1.82, 2.24) is 0 Å². The monoisotopic (exact) mass is 654 g/mol. The Balaban J connectivity index is 3.14. The van der Waals surface area contributed by atoms with Crippen molar-refractivity contribution < 1.29 is 56.9 Å². The van der Waals surface area contributed by atoms with Crippen LogP contribution in [0.2, 0.25) is 0 Å². The normalized spacial score (nSPS) is 12.2. The van der Waals surface area contributed by atoms with Gasteiger partial charge in [-0.05, 0) is 19.3 Å². The molecule has 0 aliphatic rings. The molecule has 0 saturated heterocycles. The van der Waals surface area contributed by atoms with Crippen LogP contribution in [0.15, 0.2) is 0 Å². The summed E-state index contributed by atoms with van der Waals surface area (Å²) < 4.78 is 60.0. The minimum Gasteiger partial charge on any atom is -0.463 e. The fraction of sp³-hybridized carbons (Fsp3) is 0.970. The van der Waals surface area contributed by atoms with Crippen LogP contribution in [-0.2, 0) is 56.9 Å². The van der Waals surface area contributed by atoms with Gasteiger partial charge in [0.2, 0.25) is 0 Å². The summed E-state index contributed by atoms with van der Waals surface area (Å²) in [6.45, 7) is 17.2. The van der Waals surface area contributed by atoms with Crippen molar-refractivity contribution in [1.29, 1.82) is 0 Å². The molecular weight excluding hydrogens is 588 g/mol. The van der Waals surface area contributed by atoms with Crippen molar-refractivity contribution in [2.45, 2.75) is 65.7 Å². The molecule has 1 atom stereocenters. The molecule has 0 saturated carbocycles. The van der Waals surface area contributed by atoms with Gasteiger partial charge in [-0.15, -0.1) is 0 Å². The Bertz CT molecular complexity index is 570. The SMILES string of the molecule is CCCCCOCCOCCOCCOCCOCCOCCOCCOCCOCCOCCOC(=O)C(CC)CCCC. The second-order valence-corrected chi connectivity index (χ2v) is 10.2. The highest BCUT2D eigenvalue weighted by molar-refractivity contribution is 5.72. The predicted molar refractivity (Wildman–Crippen MR) is 172 cm³/mol. The van der Waals surface area contributed by atoms with E-state index in [1.54, 1.807) is 0 Å². The molecule has 0 radical (unpaired) electrons. The quantitative estimate of drug-likeness (QED) is 0.0701. The maximum atomic E-state index is 12.0. The van der Waals surface area contributed by atoms with Gasteiger partial charge in [0.15, 0.2) is 0 Å². The molecule has 0 aromatic rings. The van der Waals surface area contributed by atoms with Crippen molar-refractivity contribution in [3.63, 3.8) is 0 Å². The van der Waals surface area contributed by atoms with Gasteiger partial charge in [0.05, 0.1) is 131 Å². The largest absolute Gasteiger partial charge is 0.463 e. The number of hydrogen-bond donors (Lipinski definition) is 0. The van der Waals surface area contributed by atoms with Crippen molar-refractivity contribution >= 4 is 5.97 Å². The van der Waals surface area contributed by atoms with E-state index in [2.05, 4.69) is 13.8 Å². The Hall–Kier alpha value is -0.930. The van der Waals surface area contributed by atoms with Crippen LogP contribution in [0.4, 0.5) is 0 Å². The van der Waals surface area contributed by atoms with Gasteiger partial charge in [0.25, 0.3) is 0 Å². The molecule has 0 rings (SSSR count). The molecular formula is C33H66O12. The maximum Gasteiger partial charge on any atom is 0.308 e. The van der Waals surface area contributed by atoms with Gasteiger partial charge in [-0.1, -0.05) is 46.5 Å². The number of carbonyl (C=O) groups is 1. The van der Waals surface area contributed by atoms with Crippen LogP contribution in [-0.4, -0.2) is 145 Å². The van der Waals surface area contributed by atoms with E-state index in [-0.39, 0.29) is 18.5 Å². The van der Waals surface area contributed by atoms with E-state index in [4.69, 9.17) is 52.1 Å². The van der Waals surface area contributed by atoms with Crippen LogP contribution in [0, 0.1) is 5.92 Å². The summed E-state index contributed by atoms with van der Waals surface area (Å²) in [5.41, 5.74) is 0. The van der Waals surface area contributed by atoms with E-state index in [1.165, 1.54) is 12.8 Å². The van der Waals surface area contributed by atoms with Gasteiger partial charge >= 0.3 is 5.97 Å². The number of hydrogen-bond acceptors (Lipinski definition) is 12. The van der Waals surface area contributed by atoms with E-state index in [1.807, 2.05) is 6.92 Å². The number of esters is 1. The number of carbonyl (C=O) groups excluding carboxylic acids is 1. The lowest BCUT2D eigenvalue weighted by Crippen LogP contribution is -2.20. The fourth-order valence-corrected chi connectivity index (χ4v) is 3.79. The molecule has 0 amide bonds. The topological polar surface area (TPSA) is 119 Å². The molecule has 45 heavy (non-hydrogen) atoms. The zero-order chi connectivity index (χ0) is 32.7. The van der Waals surface area contributed by atoms with Crippen LogP contribution >= 0.6 is 0 Å². The fourth-order valence-electron chi connectivity index (χ4n) is 3.79. The summed E-state index contributed by atoms with van der Waals surface area (Å²) in [6, 6.07) is 0. The summed E-state index contributed by atoms with van der Waals surface area (Å²) in [5.74, 6) is -0.118. The van der Waals surface area contributed by atoms with Gasteiger partial charge in [0.1, 0.15) is 6.61 Å². The lowest BCUT2D eigenvalue weighted by Gasteiger charge is -2.13. The molecule has 1 unspecified atom stereocenters. The Kier molecular flexibility index (Phi) is 38.4. The number of unbranched alkanes of at least 4 members (excludes halogenated alkanes) is 3. The smallest absolute Gasteiger partial charge is 0.308 e. The molecule has 12 heteroatoms. The average molecular weight is 655 g/mol. The highest BCUT2D eigenvalue weighted by Gasteiger charge is 2.16. The molecule has 270 valence electrons. The van der Waals surface area contributed by atoms with Crippen LogP contribution in [0.5, 0.6) is 0 Å². The van der Waals surface area contributed by atoms with E-state index in [9.17, 15) is 4.79 Å². The van der Waals surface area contributed by atoms with E-state index in [0.717, 1.165) is 38.7 Å². The molecule has 0 spiro atoms. The Morgan fingerprint density at radius 2 is 0.667 bits per heavy atom. The van der Waals surface area contributed by atoms with Crippen LogP contribution < -0.4 is 0 Å². The summed E-state index contributed by atoms with van der Waals surface area (Å²) >= 11 is 0. The summed E-state index contributed by atoms with van der Waals surface area (Å²) in [4.78, 5) is 12.0. The van der Waals surface area contributed by atoms with Crippen LogP contribution in [0.1, 0.15) is 65.7 Å². The Morgan fingerprint density at radius 1 is 0.378 bits per heavy atom. The Labute approximate surface area is 273 Å². The molecule has 0 aromatic carbocycles. The minimum absolute atomic E-state index is 0.000708. The first-order valence-electron chi connectivity index (χ1n) is 17.2. The molecule has 0 aliphatic carbocycles. The van der Waals surface area contributed by atoms with Crippen LogP contribution in [0.3, 0.4) is 0 Å². The van der Waals surface area contributed by atoms with E-state index < -0.39 is 0 Å². The zero-order valence-corrected chi connectivity index (χ0v) is 28.8. The van der Waals surface area contributed by atoms with Crippen molar-refractivity contribution in [2.75, 3.05) is 139 Å². The highest BCUT2D eigenvalue weighted by Crippen LogP contribution is 2.14. The van der Waals surface area contributed by atoms with Gasteiger partial charge in [-0.2, -0.15) is 0 Å². The maximum absolute atomic E-state index is 12.0. The third kappa shape index (κ3) is 35.8. The number of rotatable bonds is 39. The molecule has 12 nitrogen and oxygen atoms in total. The molecule has 0 bridgehead atoms. The van der Waals surface area contributed by atoms with Gasteiger partial charge < -0.3 is 52.1 Å². The lowest BCUT2D eigenvalue weighted by molar-refractivity contribution is -0.150. The standard InChI is InChI=1S/C33H66O12/c1-4-7-9-11-35-12-13-36-14-15-37-16-17-38-18-19-39-20-21-40-22-23-41-24-25-42-26-27-43-28-29-44-30-31-45-33(34)32(6-3)10-8-5-2/h32H,4-31H2,1-3H3. The summed E-state index contributed by atoms with van der Waals surface area (Å²) in [5, 5.41) is 0. The molecule has 0 fully saturated rings. The highest BCUT2D eigenvalue weighted by atomic mass is 16.6. The van der Waals surface area contributed by atoms with Gasteiger partial charge in [-0.25, -0.2) is 0 Å². The van der Waals surface area contributed by atoms with E-state index >= 15 is 0 Å². The Morgan fingerprint density at radius 3 is 0.956 bits per heavy atom. The lowest BCUT2D eigenvalue weighted by atomic mass is 10.00. The average Bonchev–Trinajstić information content (AvgIpc) is 3.05. The third-order valence-corrected chi connectivity index (χ3v) is 6.44. The van der Waals surface area contributed by atoms with Gasteiger partial charge in [-0.3, -0.25) is 4.79 Å². The second-order valence-electron chi connectivity index (χ2n) is 10.2. The predicted octanol–water partition coefficient (Wildman–Crippen LogP) is 4.10. The first kappa shape index (κ1) is 44.1. The van der Waals surface area contributed by atoms with Crippen molar-refractivity contribution in [3.8, 4) is 0 Å². The second kappa shape index (κ2) is 39.2. The summed E-state index contributed by atoms with van der Waals surface area (Å²) in [7, 11) is 0. The number of ether oxygens (including phenoxy) is 11.